The van der Waals surface area contributed by atoms with Crippen LogP contribution in [0.2, 0.25) is 0 Å². The van der Waals surface area contributed by atoms with Gasteiger partial charge in [-0.25, -0.2) is 4.79 Å². The van der Waals surface area contributed by atoms with Crippen LogP contribution in [-0.2, 0) is 12.8 Å². The van der Waals surface area contributed by atoms with Crippen LogP contribution >= 0.6 is 0 Å². The third-order valence-corrected chi connectivity index (χ3v) is 5.04. The van der Waals surface area contributed by atoms with E-state index < -0.39 is 11.7 Å². The van der Waals surface area contributed by atoms with Crippen molar-refractivity contribution in [2.75, 3.05) is 13.2 Å². The Morgan fingerprint density at radius 3 is 2.85 bits per heavy atom. The first-order valence-electron chi connectivity index (χ1n) is 9.33. The molecule has 0 saturated heterocycles. The Labute approximate surface area is 157 Å². The van der Waals surface area contributed by atoms with E-state index >= 15 is 0 Å². The van der Waals surface area contributed by atoms with Gasteiger partial charge in [0.2, 0.25) is 0 Å². The van der Waals surface area contributed by atoms with Gasteiger partial charge < -0.3 is 19.6 Å². The third-order valence-electron chi connectivity index (χ3n) is 5.04. The summed E-state index contributed by atoms with van der Waals surface area (Å²) in [6.45, 7) is 0.654. The lowest BCUT2D eigenvalue weighted by Crippen LogP contribution is -2.40. The number of hydrogen-bond donors (Lipinski definition) is 2. The molecule has 27 heavy (non-hydrogen) atoms. The van der Waals surface area contributed by atoms with Crippen molar-refractivity contribution in [2.24, 2.45) is 0 Å². The second kappa shape index (κ2) is 7.94. The van der Waals surface area contributed by atoms with Crippen molar-refractivity contribution >= 4 is 11.0 Å². The number of fused-ring (bicyclic) bond motifs is 2. The molecular formula is C22H23NO4. The molecule has 2 N–H and O–H groups in total. The molecule has 140 valence electrons. The number of nitrogens with one attached hydrogen (secondary N) is 1. The highest BCUT2D eigenvalue weighted by Gasteiger charge is 2.19. The fourth-order valence-electron chi connectivity index (χ4n) is 3.62. The van der Waals surface area contributed by atoms with Gasteiger partial charge in [0.05, 0.1) is 5.39 Å². The van der Waals surface area contributed by atoms with Crippen molar-refractivity contribution in [1.29, 1.82) is 0 Å². The van der Waals surface area contributed by atoms with Gasteiger partial charge in [-0.05, 0) is 48.6 Å². The summed E-state index contributed by atoms with van der Waals surface area (Å²) in [5.74, 6) is 0.599. The molecule has 0 fully saturated rings. The summed E-state index contributed by atoms with van der Waals surface area (Å²) in [6.07, 6.45) is 2.52. The first-order valence-corrected chi connectivity index (χ1v) is 9.33. The van der Waals surface area contributed by atoms with Crippen LogP contribution in [0, 0.1) is 0 Å². The van der Waals surface area contributed by atoms with Crippen LogP contribution in [0.25, 0.3) is 11.0 Å². The van der Waals surface area contributed by atoms with Crippen molar-refractivity contribution in [2.45, 2.75) is 31.4 Å². The fourth-order valence-corrected chi connectivity index (χ4v) is 3.62. The first-order chi connectivity index (χ1) is 13.2. The molecule has 3 aromatic rings. The molecule has 1 heterocycles. The van der Waals surface area contributed by atoms with Crippen LogP contribution in [0.4, 0.5) is 0 Å². The lowest BCUT2D eigenvalue weighted by Gasteiger charge is -2.26. The summed E-state index contributed by atoms with van der Waals surface area (Å²) in [7, 11) is 0. The second-order valence-electron chi connectivity index (χ2n) is 7.00. The minimum atomic E-state index is -0.617. The summed E-state index contributed by atoms with van der Waals surface area (Å²) in [5.41, 5.74) is 2.91. The fraction of sp³-hybridized carbons (Fsp3) is 0.318. The number of aliphatic hydroxyl groups excluding tert-OH is 1. The van der Waals surface area contributed by atoms with E-state index in [1.165, 1.54) is 17.2 Å². The third kappa shape index (κ3) is 4.21. The van der Waals surface area contributed by atoms with E-state index in [9.17, 15) is 9.90 Å². The van der Waals surface area contributed by atoms with Crippen LogP contribution in [0.15, 0.2) is 63.8 Å². The van der Waals surface area contributed by atoms with Gasteiger partial charge in [0.1, 0.15) is 24.0 Å². The van der Waals surface area contributed by atoms with Gasteiger partial charge in [-0.1, -0.05) is 30.3 Å². The maximum atomic E-state index is 11.3. The molecule has 1 aliphatic carbocycles. The van der Waals surface area contributed by atoms with Gasteiger partial charge in [0.15, 0.2) is 0 Å². The number of ether oxygens (including phenoxy) is 1. The highest BCUT2D eigenvalue weighted by molar-refractivity contribution is 5.83. The Balaban J connectivity index is 1.31. The van der Waals surface area contributed by atoms with Crippen molar-refractivity contribution in [1.82, 2.24) is 5.32 Å². The van der Waals surface area contributed by atoms with E-state index in [-0.39, 0.29) is 6.61 Å². The van der Waals surface area contributed by atoms with E-state index in [1.54, 1.807) is 24.3 Å². The summed E-state index contributed by atoms with van der Waals surface area (Å²) in [6, 6.07) is 17.3. The molecule has 0 radical (unpaired) electrons. The van der Waals surface area contributed by atoms with Gasteiger partial charge in [0, 0.05) is 18.7 Å². The average Bonchev–Trinajstić information content (AvgIpc) is 2.70. The number of benzene rings is 2. The number of aliphatic hydroxyl groups is 1. The van der Waals surface area contributed by atoms with Crippen LogP contribution in [0.1, 0.15) is 17.5 Å². The molecular weight excluding hydrogens is 342 g/mol. The summed E-state index contributed by atoms with van der Waals surface area (Å²) < 4.78 is 10.9. The van der Waals surface area contributed by atoms with Crippen molar-refractivity contribution in [3.8, 4) is 5.75 Å². The zero-order valence-corrected chi connectivity index (χ0v) is 15.1. The van der Waals surface area contributed by atoms with E-state index in [1.807, 2.05) is 0 Å². The summed E-state index contributed by atoms with van der Waals surface area (Å²) in [5, 5.41) is 14.5. The molecule has 0 aliphatic heterocycles. The van der Waals surface area contributed by atoms with Gasteiger partial charge in [-0.15, -0.1) is 0 Å². The van der Waals surface area contributed by atoms with Gasteiger partial charge in [-0.3, -0.25) is 0 Å². The molecule has 5 heteroatoms. The molecule has 0 saturated carbocycles. The predicted octanol–water partition coefficient (Wildman–Crippen LogP) is 2.68. The van der Waals surface area contributed by atoms with Crippen LogP contribution in [0.3, 0.4) is 0 Å². The van der Waals surface area contributed by atoms with Crippen LogP contribution in [0.5, 0.6) is 5.75 Å². The van der Waals surface area contributed by atoms with Crippen molar-refractivity contribution in [3.05, 3.63) is 76.1 Å². The Bertz CT molecular complexity index is 981. The zero-order valence-electron chi connectivity index (χ0n) is 15.1. The Kier molecular flexibility index (Phi) is 5.23. The minimum Gasteiger partial charge on any atom is -0.490 e. The lowest BCUT2D eigenvalue weighted by atomic mass is 9.88. The number of aryl methyl sites for hydroxylation is 1. The predicted molar refractivity (Wildman–Crippen MR) is 104 cm³/mol. The SMILES string of the molecule is O=c1ccc2c(OCC(O)CNC3CCc4ccccc4C3)cccc2o1. The Morgan fingerprint density at radius 2 is 1.96 bits per heavy atom. The molecule has 0 amide bonds. The van der Waals surface area contributed by atoms with Crippen molar-refractivity contribution < 1.29 is 14.3 Å². The zero-order chi connectivity index (χ0) is 18.6. The van der Waals surface area contributed by atoms with E-state index in [0.717, 1.165) is 24.6 Å². The monoisotopic (exact) mass is 365 g/mol. The largest absolute Gasteiger partial charge is 0.490 e. The minimum absolute atomic E-state index is 0.175. The van der Waals surface area contributed by atoms with E-state index in [0.29, 0.717) is 23.9 Å². The molecule has 1 aliphatic rings. The topological polar surface area (TPSA) is 71.7 Å². The maximum Gasteiger partial charge on any atom is 0.336 e. The Hall–Kier alpha value is -2.63. The molecule has 1 aromatic heterocycles. The van der Waals surface area contributed by atoms with Crippen LogP contribution in [-0.4, -0.2) is 30.4 Å². The standard InChI is InChI=1S/C22H23NO4/c24-18(13-23-17-9-8-15-4-1-2-5-16(15)12-17)14-26-20-6-3-7-21-19(20)10-11-22(25)27-21/h1-7,10-11,17-18,23-24H,8-9,12-14H2. The average molecular weight is 365 g/mol. The molecule has 2 aromatic carbocycles. The highest BCUT2D eigenvalue weighted by atomic mass is 16.5. The molecule has 2 atom stereocenters. The van der Waals surface area contributed by atoms with E-state index in [4.69, 9.17) is 9.15 Å². The molecule has 0 spiro atoms. The van der Waals surface area contributed by atoms with Gasteiger partial charge in [-0.2, -0.15) is 0 Å². The molecule has 5 nitrogen and oxygen atoms in total. The smallest absolute Gasteiger partial charge is 0.336 e. The van der Waals surface area contributed by atoms with Crippen molar-refractivity contribution in [3.63, 3.8) is 0 Å². The lowest BCUT2D eigenvalue weighted by molar-refractivity contribution is 0.104. The maximum absolute atomic E-state index is 11.3. The van der Waals surface area contributed by atoms with Gasteiger partial charge in [0.25, 0.3) is 0 Å². The normalized spacial score (nSPS) is 17.4. The van der Waals surface area contributed by atoms with Gasteiger partial charge >= 0.3 is 5.63 Å². The van der Waals surface area contributed by atoms with Crippen LogP contribution < -0.4 is 15.7 Å². The molecule has 4 rings (SSSR count). The Morgan fingerprint density at radius 1 is 1.11 bits per heavy atom. The number of rotatable bonds is 6. The summed E-state index contributed by atoms with van der Waals surface area (Å²) >= 11 is 0. The summed E-state index contributed by atoms with van der Waals surface area (Å²) in [4.78, 5) is 11.3. The second-order valence-corrected chi connectivity index (χ2v) is 7.00. The molecule has 0 bridgehead atoms. The first kappa shape index (κ1) is 17.8. The van der Waals surface area contributed by atoms with E-state index in [2.05, 4.69) is 29.6 Å². The molecule has 2 unspecified atom stereocenters. The highest BCUT2D eigenvalue weighted by Crippen LogP contribution is 2.24. The number of hydrogen-bond acceptors (Lipinski definition) is 5. The quantitative estimate of drug-likeness (QED) is 0.657.